The number of nitrogens with zero attached hydrogens (tertiary/aromatic N) is 2. The van der Waals surface area contributed by atoms with E-state index in [0.717, 1.165) is 29.4 Å². The van der Waals surface area contributed by atoms with E-state index >= 15 is 0 Å². The largest absolute Gasteiger partial charge is 0.337 e. The Labute approximate surface area is 130 Å². The van der Waals surface area contributed by atoms with E-state index < -0.39 is 0 Å². The minimum absolute atomic E-state index is 0.220. The van der Waals surface area contributed by atoms with E-state index in [1.807, 2.05) is 24.3 Å². The molecule has 2 aliphatic rings. The summed E-state index contributed by atoms with van der Waals surface area (Å²) in [5, 5.41) is 7.83. The third-order valence-corrected chi connectivity index (χ3v) is 5.05. The van der Waals surface area contributed by atoms with E-state index in [1.54, 1.807) is 0 Å². The van der Waals surface area contributed by atoms with Gasteiger partial charge in [-0.1, -0.05) is 42.3 Å². The summed E-state index contributed by atoms with van der Waals surface area (Å²) in [5.74, 6) is 2.17. The number of nitrogens with two attached hydrogens (primary N) is 1. The molecule has 0 radical (unpaired) electrons. The van der Waals surface area contributed by atoms with Crippen LogP contribution in [-0.2, 0) is 6.54 Å². The van der Waals surface area contributed by atoms with E-state index in [4.69, 9.17) is 10.3 Å². The lowest BCUT2D eigenvalue weighted by atomic mass is 9.85. The summed E-state index contributed by atoms with van der Waals surface area (Å²) in [6.45, 7) is 0.548. The predicted octanol–water partition coefficient (Wildman–Crippen LogP) is 2.79. The Morgan fingerprint density at radius 2 is 2.00 bits per heavy atom. The summed E-state index contributed by atoms with van der Waals surface area (Å²) in [6, 6.07) is 8.87. The second-order valence-corrected chi connectivity index (χ2v) is 6.46. The zero-order valence-corrected chi connectivity index (χ0v) is 12.7. The molecule has 1 saturated carbocycles. The Hall–Kier alpha value is -1.72. The fraction of sp³-hybridized carbons (Fsp3) is 0.529. The first-order valence-electron chi connectivity index (χ1n) is 8.22. The van der Waals surface area contributed by atoms with Gasteiger partial charge in [0, 0.05) is 18.2 Å². The van der Waals surface area contributed by atoms with Crippen LogP contribution in [0.5, 0.6) is 0 Å². The number of hydrogen-bond donors (Lipinski definition) is 2. The summed E-state index contributed by atoms with van der Waals surface area (Å²) in [5.41, 5.74) is 7.70. The van der Waals surface area contributed by atoms with Crippen LogP contribution in [0.25, 0.3) is 11.4 Å². The molecule has 2 heterocycles. The highest BCUT2D eigenvalue weighted by atomic mass is 16.5. The Morgan fingerprint density at radius 1 is 1.18 bits per heavy atom. The van der Waals surface area contributed by atoms with E-state index in [0.29, 0.717) is 18.4 Å². The van der Waals surface area contributed by atoms with Crippen molar-refractivity contribution in [3.8, 4) is 11.4 Å². The molecule has 3 atom stereocenters. The molecule has 1 aromatic heterocycles. The van der Waals surface area contributed by atoms with E-state index in [-0.39, 0.29) is 6.04 Å². The van der Waals surface area contributed by atoms with Gasteiger partial charge in [-0.25, -0.2) is 0 Å². The van der Waals surface area contributed by atoms with Crippen molar-refractivity contribution in [3.05, 3.63) is 35.7 Å². The highest BCUT2D eigenvalue weighted by Gasteiger charge is 2.38. The van der Waals surface area contributed by atoms with Gasteiger partial charge in [-0.05, 0) is 30.7 Å². The zero-order chi connectivity index (χ0) is 14.9. The Morgan fingerprint density at radius 3 is 2.77 bits per heavy atom. The van der Waals surface area contributed by atoms with Crippen LogP contribution in [0.1, 0.15) is 49.6 Å². The molecular weight excluding hydrogens is 276 g/mol. The van der Waals surface area contributed by atoms with Crippen molar-refractivity contribution in [2.24, 2.45) is 11.7 Å². The van der Waals surface area contributed by atoms with E-state index in [2.05, 4.69) is 15.5 Å². The van der Waals surface area contributed by atoms with Crippen molar-refractivity contribution in [2.75, 3.05) is 0 Å². The van der Waals surface area contributed by atoms with Crippen LogP contribution < -0.4 is 11.1 Å². The molecule has 1 saturated heterocycles. The third kappa shape index (κ3) is 2.55. The van der Waals surface area contributed by atoms with Gasteiger partial charge >= 0.3 is 0 Å². The van der Waals surface area contributed by atoms with Crippen molar-refractivity contribution in [1.29, 1.82) is 0 Å². The van der Waals surface area contributed by atoms with Gasteiger partial charge in [0.2, 0.25) is 11.7 Å². The second kappa shape index (κ2) is 5.82. The van der Waals surface area contributed by atoms with E-state index in [9.17, 15) is 0 Å². The number of nitrogens with one attached hydrogen (secondary N) is 1. The summed E-state index contributed by atoms with van der Waals surface area (Å²) in [6.07, 6.45) is 6.43. The molecule has 5 nitrogen and oxygen atoms in total. The summed E-state index contributed by atoms with van der Waals surface area (Å²) in [7, 11) is 0. The van der Waals surface area contributed by atoms with Crippen molar-refractivity contribution in [1.82, 2.24) is 15.5 Å². The molecule has 0 amide bonds. The SMILES string of the molecule is NCc1ccc(-c2noc(C3CC4CCCCC4N3)n2)cc1. The van der Waals surface area contributed by atoms with Crippen LogP contribution in [0, 0.1) is 5.92 Å². The van der Waals surface area contributed by atoms with Gasteiger partial charge in [-0.15, -0.1) is 0 Å². The molecule has 22 heavy (non-hydrogen) atoms. The lowest BCUT2D eigenvalue weighted by Crippen LogP contribution is -2.30. The maximum atomic E-state index is 5.62. The van der Waals surface area contributed by atoms with Crippen molar-refractivity contribution in [3.63, 3.8) is 0 Å². The first-order valence-corrected chi connectivity index (χ1v) is 8.22. The average molecular weight is 298 g/mol. The van der Waals surface area contributed by atoms with Gasteiger partial charge in [0.1, 0.15) is 0 Å². The van der Waals surface area contributed by atoms with Crippen LogP contribution in [0.3, 0.4) is 0 Å². The molecule has 3 N–H and O–H groups in total. The minimum Gasteiger partial charge on any atom is -0.337 e. The molecule has 1 aliphatic carbocycles. The van der Waals surface area contributed by atoms with Crippen molar-refractivity contribution >= 4 is 0 Å². The third-order valence-electron chi connectivity index (χ3n) is 5.05. The smallest absolute Gasteiger partial charge is 0.244 e. The normalized spacial score (nSPS) is 27.8. The lowest BCUT2D eigenvalue weighted by Gasteiger charge is -2.24. The van der Waals surface area contributed by atoms with Crippen molar-refractivity contribution in [2.45, 2.75) is 50.7 Å². The fourth-order valence-corrected chi connectivity index (χ4v) is 3.79. The van der Waals surface area contributed by atoms with Gasteiger partial charge in [-0.2, -0.15) is 4.98 Å². The van der Waals surface area contributed by atoms with E-state index in [1.165, 1.54) is 25.7 Å². The molecule has 0 bridgehead atoms. The van der Waals surface area contributed by atoms with Gasteiger partial charge in [0.05, 0.1) is 6.04 Å². The number of rotatable bonds is 3. The number of benzene rings is 1. The highest BCUT2D eigenvalue weighted by molar-refractivity contribution is 5.54. The summed E-state index contributed by atoms with van der Waals surface area (Å²) in [4.78, 5) is 4.60. The average Bonchev–Trinajstić information content (AvgIpc) is 3.21. The number of hydrogen-bond acceptors (Lipinski definition) is 5. The first kappa shape index (κ1) is 13.9. The topological polar surface area (TPSA) is 77.0 Å². The molecule has 116 valence electrons. The monoisotopic (exact) mass is 298 g/mol. The van der Waals surface area contributed by atoms with Gasteiger partial charge < -0.3 is 15.6 Å². The molecule has 5 heteroatoms. The Bertz CT molecular complexity index is 622. The maximum Gasteiger partial charge on any atom is 0.244 e. The summed E-state index contributed by atoms with van der Waals surface area (Å²) < 4.78 is 5.52. The van der Waals surface area contributed by atoms with Gasteiger partial charge in [0.25, 0.3) is 0 Å². The van der Waals surface area contributed by atoms with Crippen LogP contribution in [0.4, 0.5) is 0 Å². The van der Waals surface area contributed by atoms with Crippen LogP contribution in [0.15, 0.2) is 28.8 Å². The minimum atomic E-state index is 0.220. The first-order chi connectivity index (χ1) is 10.8. The molecule has 2 aromatic rings. The molecule has 2 fully saturated rings. The predicted molar refractivity (Wildman–Crippen MR) is 83.9 cm³/mol. The number of fused-ring (bicyclic) bond motifs is 1. The molecule has 3 unspecified atom stereocenters. The molecule has 1 aliphatic heterocycles. The lowest BCUT2D eigenvalue weighted by molar-refractivity contribution is 0.324. The molecular formula is C17H22N4O. The maximum absolute atomic E-state index is 5.62. The van der Waals surface area contributed by atoms with Crippen molar-refractivity contribution < 1.29 is 4.52 Å². The van der Waals surface area contributed by atoms with Gasteiger partial charge in [0.15, 0.2) is 0 Å². The Kier molecular flexibility index (Phi) is 3.68. The quantitative estimate of drug-likeness (QED) is 0.911. The molecule has 1 aromatic carbocycles. The van der Waals surface area contributed by atoms with Crippen LogP contribution in [-0.4, -0.2) is 16.2 Å². The molecule has 0 spiro atoms. The van der Waals surface area contributed by atoms with Crippen LogP contribution >= 0.6 is 0 Å². The van der Waals surface area contributed by atoms with Gasteiger partial charge in [-0.3, -0.25) is 0 Å². The highest BCUT2D eigenvalue weighted by Crippen LogP contribution is 2.38. The number of aromatic nitrogens is 2. The van der Waals surface area contributed by atoms with Crippen LogP contribution in [0.2, 0.25) is 0 Å². The Balaban J connectivity index is 1.51. The standard InChI is InChI=1S/C17H22N4O/c18-10-11-5-7-12(8-6-11)16-20-17(22-21-16)15-9-13-3-1-2-4-14(13)19-15/h5-8,13-15,19H,1-4,9-10,18H2. The second-order valence-electron chi connectivity index (χ2n) is 6.46. The summed E-state index contributed by atoms with van der Waals surface area (Å²) >= 11 is 0. The molecule has 4 rings (SSSR count). The zero-order valence-electron chi connectivity index (χ0n) is 12.7. The fourth-order valence-electron chi connectivity index (χ4n) is 3.79.